The number of aromatic nitrogens is 4. The minimum absolute atomic E-state index is 0.0638. The fraction of sp³-hybridized carbons (Fsp3) is 0.500. The number of ether oxygens (including phenoxy) is 1. The third kappa shape index (κ3) is 3.78. The number of benzene rings is 1. The number of nitrogens with zero attached hydrogens (tertiary/aromatic N) is 5. The maximum atomic E-state index is 13.2. The second kappa shape index (κ2) is 8.29. The average Bonchev–Trinajstić information content (AvgIpc) is 3.04. The summed E-state index contributed by atoms with van der Waals surface area (Å²) in [5, 5.41) is 5.32. The van der Waals surface area contributed by atoms with Gasteiger partial charge in [0.2, 0.25) is 16.5 Å². The number of hydrogen-bond acceptors (Lipinski definition) is 6. The maximum Gasteiger partial charge on any atom is 0.262 e. The zero-order valence-corrected chi connectivity index (χ0v) is 18.0. The van der Waals surface area contributed by atoms with E-state index in [4.69, 9.17) is 27.8 Å². The Hall–Kier alpha value is -2.56. The minimum Gasteiger partial charge on any atom is -0.367 e. The molecule has 1 atom stereocenters. The van der Waals surface area contributed by atoms with E-state index in [1.54, 1.807) is 9.25 Å². The van der Waals surface area contributed by atoms with E-state index >= 15 is 0 Å². The van der Waals surface area contributed by atoms with Gasteiger partial charge in [0.15, 0.2) is 0 Å². The molecule has 9 nitrogen and oxygen atoms in total. The lowest BCUT2D eigenvalue weighted by Crippen LogP contribution is -2.48. The molecule has 0 spiro atoms. The molecule has 0 bridgehead atoms. The number of para-hydroxylation sites is 1. The van der Waals surface area contributed by atoms with Crippen LogP contribution in [0.4, 0.5) is 0 Å². The zero-order valence-electron chi connectivity index (χ0n) is 17.2. The summed E-state index contributed by atoms with van der Waals surface area (Å²) in [6.07, 6.45) is 0.215. The average molecular weight is 431 g/mol. The van der Waals surface area contributed by atoms with Gasteiger partial charge in [-0.1, -0.05) is 26.0 Å². The molecule has 1 amide bonds. The van der Waals surface area contributed by atoms with Gasteiger partial charge in [0.25, 0.3) is 5.56 Å². The molecule has 1 fully saturated rings. The number of nitrogens with two attached hydrogens (primary N) is 1. The van der Waals surface area contributed by atoms with Crippen molar-refractivity contribution in [3.63, 3.8) is 0 Å². The second-order valence-electron chi connectivity index (χ2n) is 8.05. The van der Waals surface area contributed by atoms with Gasteiger partial charge in [0.05, 0.1) is 24.2 Å². The van der Waals surface area contributed by atoms with E-state index in [1.807, 2.05) is 33.6 Å². The van der Waals surface area contributed by atoms with Crippen molar-refractivity contribution in [1.82, 2.24) is 23.6 Å². The largest absolute Gasteiger partial charge is 0.367 e. The molecule has 1 unspecified atom stereocenters. The van der Waals surface area contributed by atoms with E-state index in [1.165, 1.54) is 0 Å². The quantitative estimate of drug-likeness (QED) is 0.593. The van der Waals surface area contributed by atoms with E-state index in [0.29, 0.717) is 54.8 Å². The van der Waals surface area contributed by atoms with Crippen LogP contribution in [0, 0.1) is 10.7 Å². The number of amides is 1. The van der Waals surface area contributed by atoms with Crippen LogP contribution in [0.25, 0.3) is 16.7 Å². The molecule has 2 aromatic heterocycles. The highest BCUT2D eigenvalue weighted by Crippen LogP contribution is 2.16. The first kappa shape index (κ1) is 20.7. The number of primary amides is 1. The first-order valence-electron chi connectivity index (χ1n) is 10.1. The summed E-state index contributed by atoms with van der Waals surface area (Å²) in [6, 6.07) is 7.45. The Labute approximate surface area is 178 Å². The van der Waals surface area contributed by atoms with E-state index in [0.717, 1.165) is 11.9 Å². The van der Waals surface area contributed by atoms with Gasteiger partial charge in [-0.15, -0.1) is 5.10 Å². The number of aryl methyl sites for hydroxylation is 1. The summed E-state index contributed by atoms with van der Waals surface area (Å²) in [5.41, 5.74) is 6.07. The molecule has 0 saturated carbocycles. The van der Waals surface area contributed by atoms with Crippen molar-refractivity contribution in [3.8, 4) is 0 Å². The van der Waals surface area contributed by atoms with Crippen LogP contribution in [0.15, 0.2) is 29.1 Å². The van der Waals surface area contributed by atoms with Gasteiger partial charge in [-0.3, -0.25) is 23.5 Å². The summed E-state index contributed by atoms with van der Waals surface area (Å²) < 4.78 is 11.2. The van der Waals surface area contributed by atoms with Crippen molar-refractivity contribution < 1.29 is 9.53 Å². The molecule has 1 aliphatic heterocycles. The standard InChI is InChI=1S/C20H26N6O3S/c1-13(2)7-8-24-18(28)14-5-3-4-6-15(14)26-19(24)22-25(20(26)30)12-23-9-10-29-16(11-23)17(21)27/h3-6,13,16H,7-12H2,1-2H3,(H2,21,27). The minimum atomic E-state index is -0.644. The van der Waals surface area contributed by atoms with E-state index in [-0.39, 0.29) is 5.56 Å². The zero-order chi connectivity index (χ0) is 21.4. The fourth-order valence-corrected chi connectivity index (χ4v) is 4.02. The van der Waals surface area contributed by atoms with Gasteiger partial charge < -0.3 is 10.5 Å². The van der Waals surface area contributed by atoms with E-state index in [9.17, 15) is 9.59 Å². The van der Waals surface area contributed by atoms with Crippen LogP contribution in [0.3, 0.4) is 0 Å². The normalized spacial score (nSPS) is 17.9. The molecule has 1 saturated heterocycles. The molecule has 4 rings (SSSR count). The van der Waals surface area contributed by atoms with Gasteiger partial charge >= 0.3 is 0 Å². The molecule has 3 aromatic rings. The number of morpholine rings is 1. The number of rotatable bonds is 6. The van der Waals surface area contributed by atoms with Crippen LogP contribution in [0.2, 0.25) is 0 Å². The monoisotopic (exact) mass is 430 g/mol. The first-order chi connectivity index (χ1) is 14.4. The summed E-state index contributed by atoms with van der Waals surface area (Å²) in [7, 11) is 0. The lowest BCUT2D eigenvalue weighted by Gasteiger charge is -2.30. The van der Waals surface area contributed by atoms with Crippen LogP contribution in [0.5, 0.6) is 0 Å². The molecular formula is C20H26N6O3S. The van der Waals surface area contributed by atoms with Gasteiger partial charge in [0, 0.05) is 19.6 Å². The summed E-state index contributed by atoms with van der Waals surface area (Å²) in [5.74, 6) is 0.503. The van der Waals surface area contributed by atoms with Gasteiger partial charge in [0.1, 0.15) is 6.10 Å². The Balaban J connectivity index is 1.81. The molecule has 1 aliphatic rings. The molecular weight excluding hydrogens is 404 g/mol. The smallest absolute Gasteiger partial charge is 0.262 e. The first-order valence-corrected chi connectivity index (χ1v) is 10.5. The Bertz CT molecular complexity index is 1210. The SMILES string of the molecule is CC(C)CCn1c(=O)c2ccccc2n2c(=S)n(CN3CCOC(C(N)=O)C3)nc12. The van der Waals surface area contributed by atoms with Crippen molar-refractivity contribution in [2.75, 3.05) is 19.7 Å². The Morgan fingerprint density at radius 1 is 1.37 bits per heavy atom. The van der Waals surface area contributed by atoms with Crippen LogP contribution >= 0.6 is 12.2 Å². The van der Waals surface area contributed by atoms with Crippen LogP contribution in [0.1, 0.15) is 20.3 Å². The van der Waals surface area contributed by atoms with Gasteiger partial charge in [-0.05, 0) is 36.7 Å². The summed E-state index contributed by atoms with van der Waals surface area (Å²) in [4.78, 5) is 26.7. The third-order valence-electron chi connectivity index (χ3n) is 5.42. The van der Waals surface area contributed by atoms with Crippen molar-refractivity contribution >= 4 is 34.8 Å². The van der Waals surface area contributed by atoms with Gasteiger partial charge in [-0.2, -0.15) is 0 Å². The molecule has 10 heteroatoms. The van der Waals surface area contributed by atoms with Crippen molar-refractivity contribution in [3.05, 3.63) is 39.4 Å². The van der Waals surface area contributed by atoms with Crippen molar-refractivity contribution in [1.29, 1.82) is 0 Å². The molecule has 0 radical (unpaired) electrons. The third-order valence-corrected chi connectivity index (χ3v) is 5.81. The predicted octanol–water partition coefficient (Wildman–Crippen LogP) is 1.37. The number of carbonyl (C=O) groups is 1. The van der Waals surface area contributed by atoms with Crippen LogP contribution < -0.4 is 11.3 Å². The highest BCUT2D eigenvalue weighted by Gasteiger charge is 2.25. The molecule has 0 aliphatic carbocycles. The van der Waals surface area contributed by atoms with Crippen molar-refractivity contribution in [2.24, 2.45) is 11.7 Å². The second-order valence-corrected chi connectivity index (χ2v) is 8.42. The van der Waals surface area contributed by atoms with Crippen molar-refractivity contribution in [2.45, 2.75) is 39.6 Å². The fourth-order valence-electron chi connectivity index (χ4n) is 3.74. The Morgan fingerprint density at radius 3 is 2.87 bits per heavy atom. The van der Waals surface area contributed by atoms with Crippen LogP contribution in [-0.2, 0) is 22.7 Å². The van der Waals surface area contributed by atoms with E-state index in [2.05, 4.69) is 13.8 Å². The topological polar surface area (TPSA) is 99.8 Å². The highest BCUT2D eigenvalue weighted by molar-refractivity contribution is 7.71. The predicted molar refractivity (Wildman–Crippen MR) is 116 cm³/mol. The summed E-state index contributed by atoms with van der Waals surface area (Å²) in [6.45, 7) is 6.64. The number of fused-ring (bicyclic) bond motifs is 3. The number of carbonyl (C=O) groups excluding carboxylic acids is 1. The highest BCUT2D eigenvalue weighted by atomic mass is 32.1. The molecule has 30 heavy (non-hydrogen) atoms. The molecule has 3 heterocycles. The van der Waals surface area contributed by atoms with E-state index < -0.39 is 12.0 Å². The molecule has 2 N–H and O–H groups in total. The Kier molecular flexibility index (Phi) is 5.72. The molecule has 160 valence electrons. The lowest BCUT2D eigenvalue weighted by atomic mass is 10.1. The van der Waals surface area contributed by atoms with Crippen LogP contribution in [-0.4, -0.2) is 55.4 Å². The lowest BCUT2D eigenvalue weighted by molar-refractivity contribution is -0.136. The Morgan fingerprint density at radius 2 is 2.13 bits per heavy atom. The molecule has 1 aromatic carbocycles. The maximum absolute atomic E-state index is 13.2. The van der Waals surface area contributed by atoms with Gasteiger partial charge in [-0.25, -0.2) is 4.68 Å². The summed E-state index contributed by atoms with van der Waals surface area (Å²) >= 11 is 5.74. The number of hydrogen-bond donors (Lipinski definition) is 1.